The van der Waals surface area contributed by atoms with Crippen LogP contribution in [0.3, 0.4) is 0 Å². The molecule has 1 rings (SSSR count). The Kier molecular flexibility index (Phi) is 2.10. The molecule has 0 radical (unpaired) electrons. The quantitative estimate of drug-likeness (QED) is 0.476. The number of hydrogen-bond donors (Lipinski definition) is 0. The normalized spacial score (nSPS) is 24.6. The van der Waals surface area contributed by atoms with Crippen LogP contribution in [0.4, 0.5) is 0 Å². The first-order valence-corrected chi connectivity index (χ1v) is 3.08. The summed E-state index contributed by atoms with van der Waals surface area (Å²) in [7, 11) is 1.71. The van der Waals surface area contributed by atoms with Crippen molar-refractivity contribution in [3.8, 4) is 0 Å². The van der Waals surface area contributed by atoms with Gasteiger partial charge >= 0.3 is 0 Å². The fraction of sp³-hybridized carbons (Fsp3) is 0.286. The molecule has 52 valence electrons. The highest BCUT2D eigenvalue weighted by Gasteiger charge is 2.02. The molecule has 0 N–H and O–H groups in total. The van der Waals surface area contributed by atoms with E-state index >= 15 is 0 Å². The minimum Gasteiger partial charge on any atom is -0.268 e. The van der Waals surface area contributed by atoms with Crippen LogP contribution < -0.4 is 0 Å². The van der Waals surface area contributed by atoms with Crippen LogP contribution in [0.5, 0.6) is 0 Å². The molecule has 0 aliphatic carbocycles. The Morgan fingerprint density at radius 3 is 2.60 bits per heavy atom. The van der Waals surface area contributed by atoms with Gasteiger partial charge in [-0.25, -0.2) is 4.99 Å². The minimum absolute atomic E-state index is 0.699. The number of aliphatic imine (C=N–C) groups is 3. The molecule has 0 unspecified atom stereocenters. The maximum atomic E-state index is 4.06. The Labute approximate surface area is 59.9 Å². The van der Waals surface area contributed by atoms with Crippen molar-refractivity contribution in [2.75, 3.05) is 7.05 Å². The molecule has 1 heterocycles. The van der Waals surface area contributed by atoms with Crippen LogP contribution in [0.25, 0.3) is 0 Å². The van der Waals surface area contributed by atoms with Crippen molar-refractivity contribution in [3.63, 3.8) is 0 Å². The molecular weight excluding hydrogens is 126 g/mol. The maximum absolute atomic E-state index is 4.06. The largest absolute Gasteiger partial charge is 0.268 e. The highest BCUT2D eigenvalue weighted by Crippen LogP contribution is 2.02. The van der Waals surface area contributed by atoms with Gasteiger partial charge in [-0.3, -0.25) is 9.98 Å². The van der Waals surface area contributed by atoms with Gasteiger partial charge in [0.05, 0.1) is 0 Å². The zero-order chi connectivity index (χ0) is 7.40. The number of amidine groups is 1. The fourth-order valence-electron chi connectivity index (χ4n) is 0.717. The Morgan fingerprint density at radius 2 is 2.10 bits per heavy atom. The molecule has 0 amide bonds. The van der Waals surface area contributed by atoms with Gasteiger partial charge in [0.15, 0.2) is 5.84 Å². The Balaban J connectivity index is 2.96. The molecule has 0 fully saturated rings. The van der Waals surface area contributed by atoms with Gasteiger partial charge < -0.3 is 0 Å². The molecule has 0 aromatic heterocycles. The van der Waals surface area contributed by atoms with E-state index in [0.717, 1.165) is 5.70 Å². The van der Waals surface area contributed by atoms with E-state index in [1.807, 2.05) is 13.0 Å². The van der Waals surface area contributed by atoms with Gasteiger partial charge in [0.2, 0.25) is 0 Å². The third kappa shape index (κ3) is 1.18. The predicted octanol–water partition coefficient (Wildman–Crippen LogP) is 1.07. The average molecular weight is 135 g/mol. The second-order valence-electron chi connectivity index (χ2n) is 1.78. The number of hydrogen-bond acceptors (Lipinski definition) is 2. The SMILES string of the molecule is C/C=C1/N=CC=NC1=NC. The Hall–Kier alpha value is -1.25. The zero-order valence-corrected chi connectivity index (χ0v) is 6.07. The molecule has 0 aromatic carbocycles. The van der Waals surface area contributed by atoms with E-state index in [1.165, 1.54) is 0 Å². The summed E-state index contributed by atoms with van der Waals surface area (Å²) in [6.07, 6.45) is 5.18. The molecule has 0 saturated carbocycles. The van der Waals surface area contributed by atoms with Crippen molar-refractivity contribution in [1.29, 1.82) is 0 Å². The van der Waals surface area contributed by atoms with Crippen LogP contribution in [0.1, 0.15) is 6.92 Å². The standard InChI is InChI=1S/C7H9N3/c1-3-6-7(8-2)10-5-4-9-6/h3-5H,1-2H3/b6-3+,8-7?. The van der Waals surface area contributed by atoms with Crippen molar-refractivity contribution >= 4 is 18.3 Å². The first kappa shape index (κ1) is 6.86. The van der Waals surface area contributed by atoms with Crippen LogP contribution in [0.2, 0.25) is 0 Å². The van der Waals surface area contributed by atoms with E-state index in [-0.39, 0.29) is 0 Å². The zero-order valence-electron chi connectivity index (χ0n) is 6.07. The molecule has 0 atom stereocenters. The molecule has 1 aliphatic rings. The van der Waals surface area contributed by atoms with Crippen molar-refractivity contribution in [1.82, 2.24) is 0 Å². The molecule has 1 aliphatic heterocycles. The Bertz CT molecular complexity index is 207. The summed E-state index contributed by atoms with van der Waals surface area (Å²) in [6.45, 7) is 1.92. The van der Waals surface area contributed by atoms with E-state index in [9.17, 15) is 0 Å². The van der Waals surface area contributed by atoms with E-state index in [0.29, 0.717) is 5.84 Å². The van der Waals surface area contributed by atoms with Crippen molar-refractivity contribution in [2.24, 2.45) is 15.0 Å². The lowest BCUT2D eigenvalue weighted by Crippen LogP contribution is -2.03. The monoisotopic (exact) mass is 135 g/mol. The van der Waals surface area contributed by atoms with Gasteiger partial charge in [-0.05, 0) is 6.92 Å². The highest BCUT2D eigenvalue weighted by atomic mass is 15.0. The second kappa shape index (κ2) is 3.06. The number of nitrogens with zero attached hydrogens (tertiary/aromatic N) is 3. The smallest absolute Gasteiger partial charge is 0.172 e. The third-order valence-electron chi connectivity index (χ3n) is 1.19. The summed E-state index contributed by atoms with van der Waals surface area (Å²) < 4.78 is 0. The first-order chi connectivity index (χ1) is 4.88. The predicted molar refractivity (Wildman–Crippen MR) is 44.1 cm³/mol. The van der Waals surface area contributed by atoms with Gasteiger partial charge in [0.1, 0.15) is 5.70 Å². The van der Waals surface area contributed by atoms with Crippen molar-refractivity contribution in [3.05, 3.63) is 11.8 Å². The van der Waals surface area contributed by atoms with Crippen LogP contribution in [0, 0.1) is 0 Å². The van der Waals surface area contributed by atoms with E-state index in [2.05, 4.69) is 15.0 Å². The van der Waals surface area contributed by atoms with Crippen LogP contribution in [0.15, 0.2) is 26.8 Å². The van der Waals surface area contributed by atoms with Gasteiger partial charge in [-0.15, -0.1) is 0 Å². The summed E-state index contributed by atoms with van der Waals surface area (Å²) in [5, 5.41) is 0. The first-order valence-electron chi connectivity index (χ1n) is 3.08. The summed E-state index contributed by atoms with van der Waals surface area (Å²) in [6, 6.07) is 0. The van der Waals surface area contributed by atoms with E-state index < -0.39 is 0 Å². The van der Waals surface area contributed by atoms with E-state index in [1.54, 1.807) is 19.5 Å². The Morgan fingerprint density at radius 1 is 1.40 bits per heavy atom. The highest BCUT2D eigenvalue weighted by molar-refractivity contribution is 6.24. The lowest BCUT2D eigenvalue weighted by atomic mass is 10.3. The summed E-state index contributed by atoms with van der Waals surface area (Å²) in [4.78, 5) is 12.0. The van der Waals surface area contributed by atoms with Gasteiger partial charge in [0.25, 0.3) is 0 Å². The molecule has 0 aromatic rings. The summed E-state index contributed by atoms with van der Waals surface area (Å²) >= 11 is 0. The van der Waals surface area contributed by atoms with Crippen molar-refractivity contribution in [2.45, 2.75) is 6.92 Å². The van der Waals surface area contributed by atoms with Crippen molar-refractivity contribution < 1.29 is 0 Å². The summed E-state index contributed by atoms with van der Waals surface area (Å²) in [5.74, 6) is 0.699. The lowest BCUT2D eigenvalue weighted by molar-refractivity contribution is 1.32. The molecule has 3 nitrogen and oxygen atoms in total. The van der Waals surface area contributed by atoms with Crippen LogP contribution in [-0.4, -0.2) is 25.3 Å². The molecule has 0 bridgehead atoms. The van der Waals surface area contributed by atoms with Gasteiger partial charge in [-0.2, -0.15) is 0 Å². The molecular formula is C7H9N3. The maximum Gasteiger partial charge on any atom is 0.172 e. The van der Waals surface area contributed by atoms with Crippen LogP contribution >= 0.6 is 0 Å². The fourth-order valence-corrected chi connectivity index (χ4v) is 0.717. The lowest BCUT2D eigenvalue weighted by Gasteiger charge is -2.01. The number of rotatable bonds is 0. The topological polar surface area (TPSA) is 37.1 Å². The molecule has 0 spiro atoms. The molecule has 3 heteroatoms. The third-order valence-corrected chi connectivity index (χ3v) is 1.19. The van der Waals surface area contributed by atoms with E-state index in [4.69, 9.17) is 0 Å². The molecule has 0 saturated heterocycles. The minimum atomic E-state index is 0.699. The van der Waals surface area contributed by atoms with Gasteiger partial charge in [-0.1, -0.05) is 6.08 Å². The average Bonchev–Trinajstić information content (AvgIpc) is 2.04. The molecule has 10 heavy (non-hydrogen) atoms. The van der Waals surface area contributed by atoms with Gasteiger partial charge in [0, 0.05) is 19.5 Å². The number of allylic oxidation sites excluding steroid dienone is 1. The second-order valence-corrected chi connectivity index (χ2v) is 1.78. The van der Waals surface area contributed by atoms with Crippen LogP contribution in [-0.2, 0) is 0 Å². The summed E-state index contributed by atoms with van der Waals surface area (Å²) in [5.41, 5.74) is 0.838.